The minimum atomic E-state index is -0.746. The number of rotatable bonds is 5. The molecular weight excluding hydrogens is 394 g/mol. The van der Waals surface area contributed by atoms with Gasteiger partial charge in [-0.05, 0) is 57.4 Å². The van der Waals surface area contributed by atoms with Crippen molar-refractivity contribution in [2.75, 3.05) is 19.7 Å². The number of carbonyl (C=O) groups is 3. The van der Waals surface area contributed by atoms with Crippen molar-refractivity contribution >= 4 is 17.7 Å². The monoisotopic (exact) mass is 418 g/mol. The summed E-state index contributed by atoms with van der Waals surface area (Å²) < 4.78 is 32.4. The van der Waals surface area contributed by atoms with Gasteiger partial charge in [-0.2, -0.15) is 0 Å². The first-order valence-electron chi connectivity index (χ1n) is 9.89. The number of ether oxygens (including phenoxy) is 1. The molecule has 0 radical (unpaired) electrons. The van der Waals surface area contributed by atoms with E-state index in [0.717, 1.165) is 18.2 Å². The summed E-state index contributed by atoms with van der Waals surface area (Å²) in [6, 6.07) is 2.83. The topological polar surface area (TPSA) is 79.5 Å². The Labute approximate surface area is 173 Å². The summed E-state index contributed by atoms with van der Waals surface area (Å²) in [4.78, 5) is 42.3. The zero-order chi connectivity index (χ0) is 22.0. The molecule has 1 saturated heterocycles. The minimum Gasteiger partial charge on any atom is -0.462 e. The van der Waals surface area contributed by atoms with Crippen LogP contribution in [-0.4, -0.2) is 47.2 Å². The Morgan fingerprint density at radius 2 is 1.83 bits per heavy atom. The molecule has 2 heterocycles. The first kappa shape index (κ1) is 21.7. The fourth-order valence-corrected chi connectivity index (χ4v) is 3.88. The van der Waals surface area contributed by atoms with Gasteiger partial charge in [0.1, 0.15) is 17.3 Å². The SMILES string of the molecule is CCOC(=O)c1c(C)[nH]c(C(=O)N2CCC(C(=O)c3cc(F)ccc3F)CC2)c1C. The van der Waals surface area contributed by atoms with Gasteiger partial charge in [0.2, 0.25) is 0 Å². The molecule has 30 heavy (non-hydrogen) atoms. The second-order valence-corrected chi connectivity index (χ2v) is 7.40. The number of hydrogen-bond donors (Lipinski definition) is 1. The van der Waals surface area contributed by atoms with Crippen molar-refractivity contribution in [3.63, 3.8) is 0 Å². The highest BCUT2D eigenvalue weighted by molar-refractivity contribution is 6.01. The second-order valence-electron chi connectivity index (χ2n) is 7.40. The fourth-order valence-electron chi connectivity index (χ4n) is 3.88. The minimum absolute atomic E-state index is 0.236. The number of aromatic nitrogens is 1. The predicted molar refractivity (Wildman–Crippen MR) is 106 cm³/mol. The predicted octanol–water partition coefficient (Wildman–Crippen LogP) is 3.82. The van der Waals surface area contributed by atoms with Gasteiger partial charge in [0.15, 0.2) is 5.78 Å². The van der Waals surface area contributed by atoms with Crippen LogP contribution in [0.4, 0.5) is 8.78 Å². The number of likely N-dealkylation sites (tertiary alicyclic amines) is 1. The number of benzene rings is 1. The van der Waals surface area contributed by atoms with Gasteiger partial charge in [-0.1, -0.05) is 0 Å². The summed E-state index contributed by atoms with van der Waals surface area (Å²) in [6.07, 6.45) is 0.702. The summed E-state index contributed by atoms with van der Waals surface area (Å²) in [7, 11) is 0. The molecular formula is C22H24F2N2O4. The molecule has 3 rings (SSSR count). The normalized spacial score (nSPS) is 14.6. The first-order valence-corrected chi connectivity index (χ1v) is 9.89. The van der Waals surface area contributed by atoms with Crippen LogP contribution < -0.4 is 0 Å². The molecule has 0 bridgehead atoms. The lowest BCUT2D eigenvalue weighted by Crippen LogP contribution is -2.40. The highest BCUT2D eigenvalue weighted by Gasteiger charge is 2.32. The Kier molecular flexibility index (Phi) is 6.34. The molecule has 1 aliphatic rings. The van der Waals surface area contributed by atoms with Crippen molar-refractivity contribution in [2.24, 2.45) is 5.92 Å². The summed E-state index contributed by atoms with van der Waals surface area (Å²) in [5.74, 6) is -3.09. The second kappa shape index (κ2) is 8.77. The lowest BCUT2D eigenvalue weighted by atomic mass is 9.88. The average Bonchev–Trinajstić information content (AvgIpc) is 3.03. The molecule has 8 heteroatoms. The Balaban J connectivity index is 1.70. The Bertz CT molecular complexity index is 991. The van der Waals surface area contributed by atoms with E-state index in [1.165, 1.54) is 0 Å². The maximum absolute atomic E-state index is 13.9. The number of nitrogens with zero attached hydrogens (tertiary/aromatic N) is 1. The zero-order valence-electron chi connectivity index (χ0n) is 17.2. The largest absolute Gasteiger partial charge is 0.462 e. The van der Waals surface area contributed by atoms with Gasteiger partial charge in [0.05, 0.1) is 17.7 Å². The molecule has 0 saturated carbocycles. The van der Waals surface area contributed by atoms with Crippen LogP contribution in [0.3, 0.4) is 0 Å². The molecule has 1 aromatic heterocycles. The fraction of sp³-hybridized carbons (Fsp3) is 0.409. The van der Waals surface area contributed by atoms with Gasteiger partial charge < -0.3 is 14.6 Å². The summed E-state index contributed by atoms with van der Waals surface area (Å²) >= 11 is 0. The van der Waals surface area contributed by atoms with E-state index in [2.05, 4.69) is 4.98 Å². The first-order chi connectivity index (χ1) is 14.2. The van der Waals surface area contributed by atoms with Crippen molar-refractivity contribution in [1.29, 1.82) is 0 Å². The molecule has 0 spiro atoms. The number of amides is 1. The molecule has 0 aliphatic carbocycles. The average molecular weight is 418 g/mol. The van der Waals surface area contributed by atoms with Crippen LogP contribution in [0.15, 0.2) is 18.2 Å². The smallest absolute Gasteiger partial charge is 0.340 e. The number of nitrogens with one attached hydrogen (secondary N) is 1. The van der Waals surface area contributed by atoms with Crippen molar-refractivity contribution in [2.45, 2.75) is 33.6 Å². The lowest BCUT2D eigenvalue weighted by molar-refractivity contribution is 0.0524. The van der Waals surface area contributed by atoms with Crippen LogP contribution in [0, 0.1) is 31.4 Å². The summed E-state index contributed by atoms with van der Waals surface area (Å²) in [5, 5.41) is 0. The zero-order valence-corrected chi connectivity index (χ0v) is 17.2. The lowest BCUT2D eigenvalue weighted by Gasteiger charge is -2.31. The maximum atomic E-state index is 13.9. The van der Waals surface area contributed by atoms with Gasteiger partial charge in [0.25, 0.3) is 5.91 Å². The summed E-state index contributed by atoms with van der Waals surface area (Å²) in [6.45, 7) is 5.94. The summed E-state index contributed by atoms with van der Waals surface area (Å²) in [5.41, 5.74) is 1.50. The number of aryl methyl sites for hydroxylation is 1. The number of carbonyl (C=O) groups excluding carboxylic acids is 3. The van der Waals surface area contributed by atoms with E-state index in [-0.39, 0.29) is 18.1 Å². The van der Waals surface area contributed by atoms with Crippen molar-refractivity contribution in [1.82, 2.24) is 9.88 Å². The quantitative estimate of drug-likeness (QED) is 0.591. The molecule has 1 aliphatic heterocycles. The number of halogens is 2. The third-order valence-electron chi connectivity index (χ3n) is 5.48. The van der Waals surface area contributed by atoms with Gasteiger partial charge in [-0.25, -0.2) is 13.6 Å². The molecule has 0 unspecified atom stereocenters. The van der Waals surface area contributed by atoms with Crippen LogP contribution in [0.25, 0.3) is 0 Å². The van der Waals surface area contributed by atoms with E-state index in [9.17, 15) is 23.2 Å². The third kappa shape index (κ3) is 4.13. The van der Waals surface area contributed by atoms with Gasteiger partial charge in [0, 0.05) is 24.7 Å². The Hall–Kier alpha value is -3.03. The van der Waals surface area contributed by atoms with Crippen LogP contribution in [0.5, 0.6) is 0 Å². The molecule has 1 aromatic carbocycles. The van der Waals surface area contributed by atoms with E-state index in [1.807, 2.05) is 0 Å². The maximum Gasteiger partial charge on any atom is 0.340 e. The van der Waals surface area contributed by atoms with Crippen molar-refractivity contribution in [3.05, 3.63) is 57.9 Å². The Morgan fingerprint density at radius 1 is 1.17 bits per heavy atom. The van der Waals surface area contributed by atoms with Crippen molar-refractivity contribution < 1.29 is 27.9 Å². The molecule has 2 aromatic rings. The van der Waals surface area contributed by atoms with E-state index < -0.39 is 29.3 Å². The molecule has 1 amide bonds. The van der Waals surface area contributed by atoms with E-state index in [1.54, 1.807) is 25.7 Å². The van der Waals surface area contributed by atoms with E-state index in [4.69, 9.17) is 4.74 Å². The van der Waals surface area contributed by atoms with E-state index >= 15 is 0 Å². The highest BCUT2D eigenvalue weighted by Crippen LogP contribution is 2.26. The number of ketones is 1. The van der Waals surface area contributed by atoms with Gasteiger partial charge in [-0.15, -0.1) is 0 Å². The molecule has 160 valence electrons. The Morgan fingerprint density at radius 3 is 2.47 bits per heavy atom. The van der Waals surface area contributed by atoms with Crippen molar-refractivity contribution in [3.8, 4) is 0 Å². The number of esters is 1. The van der Waals surface area contributed by atoms with Crippen LogP contribution >= 0.6 is 0 Å². The number of piperidine rings is 1. The van der Waals surface area contributed by atoms with Gasteiger partial charge in [-0.3, -0.25) is 9.59 Å². The number of aromatic amines is 1. The molecule has 1 N–H and O–H groups in total. The van der Waals surface area contributed by atoms with Gasteiger partial charge >= 0.3 is 5.97 Å². The van der Waals surface area contributed by atoms with Crippen LogP contribution in [0.2, 0.25) is 0 Å². The van der Waals surface area contributed by atoms with E-state index in [0.29, 0.717) is 48.4 Å². The van der Waals surface area contributed by atoms with Crippen LogP contribution in [-0.2, 0) is 4.74 Å². The molecule has 6 nitrogen and oxygen atoms in total. The van der Waals surface area contributed by atoms with Crippen LogP contribution in [0.1, 0.15) is 62.2 Å². The number of H-pyrrole nitrogens is 1. The highest BCUT2D eigenvalue weighted by atomic mass is 19.1. The standard InChI is InChI=1S/C22H24F2N2O4/c1-4-30-22(29)18-12(2)19(25-13(18)3)21(28)26-9-7-14(8-10-26)20(27)16-11-15(23)5-6-17(16)24/h5-6,11,14,25H,4,7-10H2,1-3H3. The number of hydrogen-bond acceptors (Lipinski definition) is 4. The molecule has 1 fully saturated rings. The number of Topliss-reactive ketones (excluding diaryl/α,β-unsaturated/α-hetero) is 1. The molecule has 0 atom stereocenters. The third-order valence-corrected chi connectivity index (χ3v) is 5.48.